The molecule has 110 valence electrons. The van der Waals surface area contributed by atoms with E-state index >= 15 is 0 Å². The van der Waals surface area contributed by atoms with Crippen LogP contribution in [0.1, 0.15) is 11.1 Å². The van der Waals surface area contributed by atoms with E-state index in [1.165, 1.54) is 36.5 Å². The maximum Gasteiger partial charge on any atom is 0.276 e. The van der Waals surface area contributed by atoms with E-state index in [-0.39, 0.29) is 9.37 Å². The van der Waals surface area contributed by atoms with Gasteiger partial charge in [-0.1, -0.05) is 23.8 Å². The van der Waals surface area contributed by atoms with E-state index < -0.39 is 15.8 Å². The first-order valence-electron chi connectivity index (χ1n) is 5.95. The van der Waals surface area contributed by atoms with E-state index in [0.717, 1.165) is 5.56 Å². The van der Waals surface area contributed by atoms with Gasteiger partial charge in [0.1, 0.15) is 5.82 Å². The van der Waals surface area contributed by atoms with Crippen molar-refractivity contribution in [1.29, 1.82) is 0 Å². The second-order valence-electron chi connectivity index (χ2n) is 4.34. The predicted molar refractivity (Wildman–Crippen MR) is 83.2 cm³/mol. The minimum atomic E-state index is -3.70. The average molecular weight is 371 g/mol. The van der Waals surface area contributed by atoms with Crippen molar-refractivity contribution in [2.75, 3.05) is 0 Å². The highest BCUT2D eigenvalue weighted by atomic mass is 79.9. The Morgan fingerprint density at radius 3 is 2.48 bits per heavy atom. The number of benzene rings is 2. The van der Waals surface area contributed by atoms with Crippen LogP contribution in [0.3, 0.4) is 0 Å². The lowest BCUT2D eigenvalue weighted by atomic mass is 10.2. The van der Waals surface area contributed by atoms with Crippen LogP contribution in [0.25, 0.3) is 0 Å². The lowest BCUT2D eigenvalue weighted by Crippen LogP contribution is -2.18. The molecule has 0 aliphatic rings. The van der Waals surface area contributed by atoms with Gasteiger partial charge in [-0.2, -0.15) is 13.5 Å². The number of nitrogens with zero attached hydrogens (tertiary/aromatic N) is 1. The molecule has 2 rings (SSSR count). The zero-order chi connectivity index (χ0) is 15.5. The van der Waals surface area contributed by atoms with Crippen molar-refractivity contribution in [2.45, 2.75) is 11.8 Å². The van der Waals surface area contributed by atoms with Gasteiger partial charge in [0.05, 0.1) is 15.6 Å². The number of hydrazone groups is 1. The maximum atomic E-state index is 13.1. The van der Waals surface area contributed by atoms with Gasteiger partial charge in [-0.3, -0.25) is 0 Å². The first kappa shape index (κ1) is 15.7. The van der Waals surface area contributed by atoms with Crippen molar-refractivity contribution >= 4 is 32.2 Å². The van der Waals surface area contributed by atoms with Gasteiger partial charge in [-0.15, -0.1) is 0 Å². The summed E-state index contributed by atoms with van der Waals surface area (Å²) in [7, 11) is -3.70. The molecule has 0 spiro atoms. The Kier molecular flexibility index (Phi) is 4.74. The van der Waals surface area contributed by atoms with Crippen LogP contribution in [-0.2, 0) is 10.0 Å². The van der Waals surface area contributed by atoms with E-state index in [9.17, 15) is 12.8 Å². The zero-order valence-electron chi connectivity index (χ0n) is 11.0. The highest BCUT2D eigenvalue weighted by molar-refractivity contribution is 9.10. The number of nitrogens with one attached hydrogen (secondary N) is 1. The molecule has 0 radical (unpaired) electrons. The summed E-state index contributed by atoms with van der Waals surface area (Å²) in [5.41, 5.74) is 1.53. The van der Waals surface area contributed by atoms with E-state index in [0.29, 0.717) is 5.56 Å². The standard InChI is InChI=1S/C14H12BrFN2O2S/c1-10-2-5-12(6-3-10)21(19,20)18-17-9-11-4-7-14(16)13(15)8-11/h2-9,18H,1H3/b17-9-. The third kappa shape index (κ3) is 4.12. The fraction of sp³-hybridized carbons (Fsp3) is 0.0714. The fourth-order valence-electron chi connectivity index (χ4n) is 1.53. The largest absolute Gasteiger partial charge is 0.276 e. The van der Waals surface area contributed by atoms with E-state index in [4.69, 9.17) is 0 Å². The summed E-state index contributed by atoms with van der Waals surface area (Å²) >= 11 is 3.05. The molecule has 0 saturated heterocycles. The molecular weight excluding hydrogens is 359 g/mol. The first-order valence-corrected chi connectivity index (χ1v) is 8.23. The van der Waals surface area contributed by atoms with Gasteiger partial charge in [-0.05, 0) is 52.7 Å². The third-order valence-corrected chi connectivity index (χ3v) is 4.51. The Morgan fingerprint density at radius 2 is 1.86 bits per heavy atom. The summed E-state index contributed by atoms with van der Waals surface area (Å²) in [5, 5.41) is 3.68. The average Bonchev–Trinajstić information content (AvgIpc) is 2.43. The number of hydrogen-bond acceptors (Lipinski definition) is 3. The smallest absolute Gasteiger partial charge is 0.206 e. The van der Waals surface area contributed by atoms with Gasteiger partial charge in [0.2, 0.25) is 0 Å². The Balaban J connectivity index is 2.12. The highest BCUT2D eigenvalue weighted by Crippen LogP contribution is 2.15. The number of sulfonamides is 1. The number of aryl methyl sites for hydroxylation is 1. The van der Waals surface area contributed by atoms with Crippen molar-refractivity contribution in [3.05, 3.63) is 63.9 Å². The molecule has 0 fully saturated rings. The summed E-state index contributed by atoms with van der Waals surface area (Å²) in [6, 6.07) is 10.7. The molecular formula is C14H12BrFN2O2S. The molecule has 1 N–H and O–H groups in total. The van der Waals surface area contributed by atoms with Crippen LogP contribution in [-0.4, -0.2) is 14.6 Å². The molecule has 0 aliphatic heterocycles. The van der Waals surface area contributed by atoms with Crippen molar-refractivity contribution in [3.8, 4) is 0 Å². The van der Waals surface area contributed by atoms with Crippen LogP contribution in [0.5, 0.6) is 0 Å². The second kappa shape index (κ2) is 6.36. The predicted octanol–water partition coefficient (Wildman–Crippen LogP) is 3.21. The zero-order valence-corrected chi connectivity index (χ0v) is 13.4. The highest BCUT2D eigenvalue weighted by Gasteiger charge is 2.11. The maximum absolute atomic E-state index is 13.1. The summed E-state index contributed by atoms with van der Waals surface area (Å²) in [6.45, 7) is 1.87. The van der Waals surface area contributed by atoms with Gasteiger partial charge in [-0.25, -0.2) is 9.22 Å². The topological polar surface area (TPSA) is 58.5 Å². The Morgan fingerprint density at radius 1 is 1.19 bits per heavy atom. The summed E-state index contributed by atoms with van der Waals surface area (Å²) in [5.74, 6) is -0.396. The van der Waals surface area contributed by atoms with Gasteiger partial charge in [0.15, 0.2) is 0 Å². The molecule has 2 aromatic rings. The second-order valence-corrected chi connectivity index (χ2v) is 6.85. The minimum absolute atomic E-state index is 0.130. The van der Waals surface area contributed by atoms with Gasteiger partial charge in [0, 0.05) is 0 Å². The lowest BCUT2D eigenvalue weighted by Gasteiger charge is -2.03. The minimum Gasteiger partial charge on any atom is -0.206 e. The molecule has 0 atom stereocenters. The van der Waals surface area contributed by atoms with Crippen LogP contribution in [0.2, 0.25) is 0 Å². The molecule has 4 nitrogen and oxygen atoms in total. The molecule has 0 heterocycles. The Labute approximate surface area is 130 Å². The fourth-order valence-corrected chi connectivity index (χ4v) is 2.72. The molecule has 2 aromatic carbocycles. The Hall–Kier alpha value is -1.73. The van der Waals surface area contributed by atoms with Gasteiger partial charge < -0.3 is 0 Å². The molecule has 21 heavy (non-hydrogen) atoms. The quantitative estimate of drug-likeness (QED) is 0.663. The summed E-state index contributed by atoms with van der Waals surface area (Å²) in [4.78, 5) is 2.24. The molecule has 0 saturated carbocycles. The monoisotopic (exact) mass is 370 g/mol. The van der Waals surface area contributed by atoms with Crippen LogP contribution >= 0.6 is 15.9 Å². The third-order valence-electron chi connectivity index (χ3n) is 2.66. The van der Waals surface area contributed by atoms with Crippen LogP contribution in [0.4, 0.5) is 4.39 Å². The molecule has 0 unspecified atom stereocenters. The molecule has 0 bridgehead atoms. The van der Waals surface area contributed by atoms with E-state index in [1.54, 1.807) is 12.1 Å². The van der Waals surface area contributed by atoms with Gasteiger partial charge in [0.25, 0.3) is 10.0 Å². The van der Waals surface area contributed by atoms with Crippen molar-refractivity contribution in [2.24, 2.45) is 5.10 Å². The lowest BCUT2D eigenvalue weighted by molar-refractivity contribution is 0.584. The SMILES string of the molecule is Cc1ccc(S(=O)(=O)N/N=C\c2ccc(F)c(Br)c2)cc1. The number of rotatable bonds is 4. The van der Waals surface area contributed by atoms with Crippen molar-refractivity contribution < 1.29 is 12.8 Å². The van der Waals surface area contributed by atoms with Crippen LogP contribution in [0, 0.1) is 12.7 Å². The Bertz CT molecular complexity index is 774. The van der Waals surface area contributed by atoms with Crippen LogP contribution in [0.15, 0.2) is 56.9 Å². The van der Waals surface area contributed by atoms with E-state index in [1.807, 2.05) is 6.92 Å². The summed E-state index contributed by atoms with van der Waals surface area (Å²) in [6.07, 6.45) is 1.30. The van der Waals surface area contributed by atoms with Gasteiger partial charge >= 0.3 is 0 Å². The molecule has 0 aromatic heterocycles. The first-order chi connectivity index (χ1) is 9.88. The molecule has 0 aliphatic carbocycles. The van der Waals surface area contributed by atoms with Crippen molar-refractivity contribution in [3.63, 3.8) is 0 Å². The van der Waals surface area contributed by atoms with Crippen molar-refractivity contribution in [1.82, 2.24) is 4.83 Å². The molecule has 7 heteroatoms. The summed E-state index contributed by atoms with van der Waals surface area (Å²) < 4.78 is 37.3. The van der Waals surface area contributed by atoms with E-state index in [2.05, 4.69) is 25.9 Å². The van der Waals surface area contributed by atoms with Crippen LogP contribution < -0.4 is 4.83 Å². The normalized spacial score (nSPS) is 11.8. The number of halogens is 2. The number of hydrogen-bond donors (Lipinski definition) is 1. The molecule has 0 amide bonds.